The second kappa shape index (κ2) is 11.9. The molecular formula is C46H36N2. The summed E-state index contributed by atoms with van der Waals surface area (Å²) in [7, 11) is 0. The number of nitrogens with zero attached hydrogens (tertiary/aromatic N) is 2. The Labute approximate surface area is 282 Å². The van der Waals surface area contributed by atoms with Crippen molar-refractivity contribution in [2.45, 2.75) is 37.5 Å². The summed E-state index contributed by atoms with van der Waals surface area (Å²) in [6, 6.07) is 56.8. The van der Waals surface area contributed by atoms with Gasteiger partial charge in [0.15, 0.2) is 5.82 Å². The van der Waals surface area contributed by atoms with Crippen LogP contribution in [0.2, 0.25) is 0 Å². The number of benzene rings is 6. The van der Waals surface area contributed by atoms with E-state index in [1.807, 2.05) is 18.2 Å². The first-order valence-corrected chi connectivity index (χ1v) is 17.2. The van der Waals surface area contributed by atoms with E-state index in [2.05, 4.69) is 140 Å². The summed E-state index contributed by atoms with van der Waals surface area (Å²) in [6.07, 6.45) is 6.49. The monoisotopic (exact) mass is 616 g/mol. The van der Waals surface area contributed by atoms with Crippen molar-refractivity contribution in [3.05, 3.63) is 169 Å². The molecule has 0 saturated heterocycles. The molecule has 1 aromatic heterocycles. The molecule has 230 valence electrons. The third-order valence-electron chi connectivity index (χ3n) is 10.5. The van der Waals surface area contributed by atoms with Crippen molar-refractivity contribution in [1.82, 2.24) is 9.97 Å². The summed E-state index contributed by atoms with van der Waals surface area (Å²) in [5, 5.41) is 0. The lowest BCUT2D eigenvalue weighted by molar-refractivity contribution is 0.353. The molecule has 2 aliphatic rings. The first-order chi connectivity index (χ1) is 23.7. The van der Waals surface area contributed by atoms with Gasteiger partial charge in [0.05, 0.1) is 11.4 Å². The third kappa shape index (κ3) is 4.96. The number of rotatable bonds is 5. The highest BCUT2D eigenvalue weighted by Crippen LogP contribution is 2.56. The van der Waals surface area contributed by atoms with Crippen molar-refractivity contribution < 1.29 is 0 Å². The van der Waals surface area contributed by atoms with E-state index in [1.165, 1.54) is 76.6 Å². The SMILES string of the molecule is c1ccc(-c2ccc(-c3cc(-c4ccc(-c5ccc6c(c5)-c5ccccc5C65CCCCC5)cc4)nc(-c4ccccc4)n3)cc2)cc1. The standard InChI is InChI=1S/C46H36N2/c1-4-12-32(13-5-1)33-18-22-35(23-19-33)43-31-44(48-45(47-43)37-14-6-2-7-15-37)36-24-20-34(21-25-36)38-26-27-42-40(30-38)39-16-8-9-17-41(39)46(42)28-10-3-11-29-46/h1-2,4-9,12-27,30-31H,3,10-11,28-29H2. The fraction of sp³-hybridized carbons (Fsp3) is 0.130. The van der Waals surface area contributed by atoms with E-state index >= 15 is 0 Å². The molecule has 0 aliphatic heterocycles. The maximum absolute atomic E-state index is 5.08. The van der Waals surface area contributed by atoms with Crippen molar-refractivity contribution in [2.75, 3.05) is 0 Å². The van der Waals surface area contributed by atoms with Crippen LogP contribution in [0, 0.1) is 0 Å². The van der Waals surface area contributed by atoms with Crippen molar-refractivity contribution >= 4 is 0 Å². The topological polar surface area (TPSA) is 25.8 Å². The molecule has 2 aliphatic carbocycles. The Bertz CT molecular complexity index is 2230. The lowest BCUT2D eigenvalue weighted by Crippen LogP contribution is -2.27. The van der Waals surface area contributed by atoms with Crippen LogP contribution in [-0.2, 0) is 5.41 Å². The Hall–Kier alpha value is -5.60. The zero-order chi connectivity index (χ0) is 31.9. The highest BCUT2D eigenvalue weighted by molar-refractivity contribution is 5.85. The van der Waals surface area contributed by atoms with Gasteiger partial charge in [0.2, 0.25) is 0 Å². The quantitative estimate of drug-likeness (QED) is 0.192. The van der Waals surface area contributed by atoms with Gasteiger partial charge < -0.3 is 0 Å². The number of hydrogen-bond donors (Lipinski definition) is 0. The average molecular weight is 617 g/mol. The second-order valence-corrected chi connectivity index (χ2v) is 13.3. The maximum Gasteiger partial charge on any atom is 0.160 e. The zero-order valence-corrected chi connectivity index (χ0v) is 26.9. The van der Waals surface area contributed by atoms with Crippen molar-refractivity contribution in [1.29, 1.82) is 0 Å². The van der Waals surface area contributed by atoms with Crippen LogP contribution >= 0.6 is 0 Å². The Morgan fingerprint density at radius 3 is 1.48 bits per heavy atom. The van der Waals surface area contributed by atoms with Gasteiger partial charge in [0, 0.05) is 22.1 Å². The predicted octanol–water partition coefficient (Wildman–Crippen LogP) is 12.0. The molecule has 2 nitrogen and oxygen atoms in total. The van der Waals surface area contributed by atoms with Crippen LogP contribution in [0.5, 0.6) is 0 Å². The minimum Gasteiger partial charge on any atom is -0.228 e. The number of hydrogen-bond acceptors (Lipinski definition) is 2. The first-order valence-electron chi connectivity index (χ1n) is 17.2. The third-order valence-corrected chi connectivity index (χ3v) is 10.5. The molecule has 0 amide bonds. The number of fused-ring (bicyclic) bond motifs is 5. The Morgan fingerprint density at radius 2 is 0.833 bits per heavy atom. The van der Waals surface area contributed by atoms with E-state index in [-0.39, 0.29) is 5.41 Å². The van der Waals surface area contributed by atoms with E-state index < -0.39 is 0 Å². The van der Waals surface area contributed by atoms with Gasteiger partial charge in [-0.2, -0.15) is 0 Å². The lowest BCUT2D eigenvalue weighted by Gasteiger charge is -2.36. The van der Waals surface area contributed by atoms with Crippen molar-refractivity contribution in [3.8, 4) is 67.3 Å². The highest BCUT2D eigenvalue weighted by atomic mass is 14.9. The molecule has 48 heavy (non-hydrogen) atoms. The van der Waals surface area contributed by atoms with Gasteiger partial charge >= 0.3 is 0 Å². The molecule has 6 aromatic carbocycles. The summed E-state index contributed by atoms with van der Waals surface area (Å²) in [5.41, 5.74) is 16.0. The van der Waals surface area contributed by atoms with Crippen LogP contribution in [0.25, 0.3) is 67.3 Å². The van der Waals surface area contributed by atoms with E-state index in [9.17, 15) is 0 Å². The molecule has 1 saturated carbocycles. The summed E-state index contributed by atoms with van der Waals surface area (Å²) in [5.74, 6) is 0.730. The highest BCUT2D eigenvalue weighted by Gasteiger charge is 2.43. The average Bonchev–Trinajstić information content (AvgIpc) is 3.43. The Kier molecular flexibility index (Phi) is 7.08. The van der Waals surface area contributed by atoms with Gasteiger partial charge in [0.25, 0.3) is 0 Å². The predicted molar refractivity (Wildman–Crippen MR) is 199 cm³/mol. The van der Waals surface area contributed by atoms with Gasteiger partial charge in [-0.25, -0.2) is 9.97 Å². The van der Waals surface area contributed by atoms with Crippen LogP contribution in [0.15, 0.2) is 158 Å². The van der Waals surface area contributed by atoms with E-state index in [4.69, 9.17) is 9.97 Å². The minimum atomic E-state index is 0.190. The minimum absolute atomic E-state index is 0.190. The fourth-order valence-electron chi connectivity index (χ4n) is 8.10. The van der Waals surface area contributed by atoms with Crippen molar-refractivity contribution in [2.24, 2.45) is 0 Å². The van der Waals surface area contributed by atoms with Crippen LogP contribution in [-0.4, -0.2) is 9.97 Å². The molecule has 1 fully saturated rings. The summed E-state index contributed by atoms with van der Waals surface area (Å²) >= 11 is 0. The van der Waals surface area contributed by atoms with Gasteiger partial charge in [-0.1, -0.05) is 165 Å². The van der Waals surface area contributed by atoms with Gasteiger partial charge in [-0.05, 0) is 69.5 Å². The summed E-state index contributed by atoms with van der Waals surface area (Å²) in [4.78, 5) is 10.1. The van der Waals surface area contributed by atoms with Gasteiger partial charge in [-0.15, -0.1) is 0 Å². The molecule has 1 heterocycles. The second-order valence-electron chi connectivity index (χ2n) is 13.3. The summed E-state index contributed by atoms with van der Waals surface area (Å²) < 4.78 is 0. The Balaban J connectivity index is 1.08. The molecule has 0 radical (unpaired) electrons. The van der Waals surface area contributed by atoms with Crippen LogP contribution in [0.3, 0.4) is 0 Å². The van der Waals surface area contributed by atoms with E-state index in [0.29, 0.717) is 0 Å². The molecule has 0 atom stereocenters. The zero-order valence-electron chi connectivity index (χ0n) is 26.9. The smallest absolute Gasteiger partial charge is 0.160 e. The summed E-state index contributed by atoms with van der Waals surface area (Å²) in [6.45, 7) is 0. The van der Waals surface area contributed by atoms with Gasteiger partial charge in [-0.3, -0.25) is 0 Å². The molecule has 1 spiro atoms. The molecule has 0 bridgehead atoms. The van der Waals surface area contributed by atoms with Crippen LogP contribution < -0.4 is 0 Å². The molecule has 0 unspecified atom stereocenters. The largest absolute Gasteiger partial charge is 0.228 e. The van der Waals surface area contributed by atoms with E-state index in [1.54, 1.807) is 0 Å². The maximum atomic E-state index is 5.08. The number of aromatic nitrogens is 2. The molecular weight excluding hydrogens is 581 g/mol. The van der Waals surface area contributed by atoms with E-state index in [0.717, 1.165) is 33.9 Å². The van der Waals surface area contributed by atoms with Gasteiger partial charge in [0.1, 0.15) is 0 Å². The first kappa shape index (κ1) is 28.6. The van der Waals surface area contributed by atoms with Crippen LogP contribution in [0.4, 0.5) is 0 Å². The molecule has 0 N–H and O–H groups in total. The fourth-order valence-corrected chi connectivity index (χ4v) is 8.10. The molecule has 9 rings (SSSR count). The Morgan fingerprint density at radius 1 is 0.354 bits per heavy atom. The molecule has 7 aromatic rings. The van der Waals surface area contributed by atoms with Crippen LogP contribution in [0.1, 0.15) is 43.2 Å². The normalized spacial score (nSPS) is 14.4. The lowest BCUT2D eigenvalue weighted by atomic mass is 9.68. The van der Waals surface area contributed by atoms with Crippen molar-refractivity contribution in [3.63, 3.8) is 0 Å². The molecule has 2 heteroatoms.